The van der Waals surface area contributed by atoms with Gasteiger partial charge >= 0.3 is 12.0 Å². The Morgan fingerprint density at radius 3 is 2.50 bits per heavy atom. The molecule has 152 valence electrons. The van der Waals surface area contributed by atoms with Crippen molar-refractivity contribution in [3.63, 3.8) is 0 Å². The van der Waals surface area contributed by atoms with E-state index in [4.69, 9.17) is 4.74 Å². The number of nitrogens with zero attached hydrogens (tertiary/aromatic N) is 2. The van der Waals surface area contributed by atoms with Crippen molar-refractivity contribution in [3.8, 4) is 5.75 Å². The van der Waals surface area contributed by atoms with Crippen LogP contribution in [0.25, 0.3) is 0 Å². The number of methoxy groups -OCH3 is 1. The lowest BCUT2D eigenvalue weighted by atomic mass is 9.91. The number of piperidine rings is 1. The zero-order valence-corrected chi connectivity index (χ0v) is 16.3. The second-order valence-electron chi connectivity index (χ2n) is 7.63. The lowest BCUT2D eigenvalue weighted by Crippen LogP contribution is -2.47. The van der Waals surface area contributed by atoms with Gasteiger partial charge in [-0.3, -0.25) is 9.59 Å². The number of hydrogen-bond donors (Lipinski definition) is 2. The molecular weight excluding hydrogens is 362 g/mol. The molecular formula is C20H27N3O5. The summed E-state index contributed by atoms with van der Waals surface area (Å²) in [5.74, 6) is -0.968. The van der Waals surface area contributed by atoms with E-state index in [0.717, 1.165) is 25.9 Å². The molecule has 2 N–H and O–H groups in total. The first-order valence-corrected chi connectivity index (χ1v) is 9.65. The highest BCUT2D eigenvalue weighted by Gasteiger charge is 2.32. The van der Waals surface area contributed by atoms with E-state index in [1.807, 2.05) is 6.92 Å². The number of nitrogens with one attached hydrogen (secondary N) is 1. The summed E-state index contributed by atoms with van der Waals surface area (Å²) in [6, 6.07) is 4.59. The number of amides is 3. The summed E-state index contributed by atoms with van der Waals surface area (Å²) in [6.07, 6.45) is 2.56. The van der Waals surface area contributed by atoms with E-state index in [-0.39, 0.29) is 24.4 Å². The van der Waals surface area contributed by atoms with Gasteiger partial charge in [0.05, 0.1) is 18.7 Å². The van der Waals surface area contributed by atoms with Crippen molar-refractivity contribution in [2.45, 2.75) is 26.2 Å². The van der Waals surface area contributed by atoms with Crippen molar-refractivity contribution in [1.29, 1.82) is 0 Å². The first kappa shape index (κ1) is 20.0. The van der Waals surface area contributed by atoms with Gasteiger partial charge in [-0.25, -0.2) is 4.79 Å². The van der Waals surface area contributed by atoms with Crippen LogP contribution in [0.5, 0.6) is 5.75 Å². The maximum Gasteiger partial charge on any atom is 0.321 e. The monoisotopic (exact) mass is 389 g/mol. The normalized spacial score (nSPS) is 22.1. The van der Waals surface area contributed by atoms with Gasteiger partial charge in [-0.05, 0) is 43.4 Å². The summed E-state index contributed by atoms with van der Waals surface area (Å²) in [7, 11) is 1.50. The summed E-state index contributed by atoms with van der Waals surface area (Å²) < 4.78 is 5.32. The van der Waals surface area contributed by atoms with E-state index in [2.05, 4.69) is 5.32 Å². The molecule has 0 aromatic heterocycles. The maximum atomic E-state index is 12.8. The number of ether oxygens (including phenoxy) is 1. The molecule has 1 aromatic carbocycles. The molecule has 1 aromatic rings. The minimum Gasteiger partial charge on any atom is -0.495 e. The fourth-order valence-electron chi connectivity index (χ4n) is 3.93. The van der Waals surface area contributed by atoms with E-state index in [0.29, 0.717) is 30.0 Å². The molecule has 8 heteroatoms. The molecule has 2 heterocycles. The average Bonchev–Trinajstić information content (AvgIpc) is 3.21. The zero-order chi connectivity index (χ0) is 20.3. The Morgan fingerprint density at radius 1 is 1.14 bits per heavy atom. The molecule has 2 aliphatic heterocycles. The van der Waals surface area contributed by atoms with E-state index in [9.17, 15) is 19.5 Å². The second kappa shape index (κ2) is 8.50. The van der Waals surface area contributed by atoms with Gasteiger partial charge in [0.1, 0.15) is 5.75 Å². The Kier molecular flexibility index (Phi) is 6.06. The summed E-state index contributed by atoms with van der Waals surface area (Å²) in [5.41, 5.74) is 0.899. The summed E-state index contributed by atoms with van der Waals surface area (Å²) in [4.78, 5) is 40.1. The van der Waals surface area contributed by atoms with Crippen molar-refractivity contribution in [3.05, 3.63) is 23.8 Å². The minimum atomic E-state index is -0.889. The second-order valence-corrected chi connectivity index (χ2v) is 7.63. The van der Waals surface area contributed by atoms with Gasteiger partial charge in [0.2, 0.25) is 0 Å². The van der Waals surface area contributed by atoms with Gasteiger partial charge in [-0.2, -0.15) is 0 Å². The molecule has 2 atom stereocenters. The van der Waals surface area contributed by atoms with Crippen LogP contribution >= 0.6 is 0 Å². The van der Waals surface area contributed by atoms with Gasteiger partial charge in [0.25, 0.3) is 5.91 Å². The third-order valence-electron chi connectivity index (χ3n) is 5.38. The van der Waals surface area contributed by atoms with Crippen LogP contribution in [0.1, 0.15) is 36.5 Å². The number of urea groups is 1. The van der Waals surface area contributed by atoms with Crippen LogP contribution in [0.4, 0.5) is 10.5 Å². The molecule has 0 saturated carbocycles. The van der Waals surface area contributed by atoms with E-state index < -0.39 is 11.9 Å². The Morgan fingerprint density at radius 2 is 1.86 bits per heavy atom. The fraction of sp³-hybridized carbons (Fsp3) is 0.550. The molecule has 0 spiro atoms. The molecule has 0 bridgehead atoms. The topological polar surface area (TPSA) is 99.2 Å². The fourth-order valence-corrected chi connectivity index (χ4v) is 3.93. The Hall–Kier alpha value is -2.77. The summed E-state index contributed by atoms with van der Waals surface area (Å²) >= 11 is 0. The number of likely N-dealkylation sites (tertiary alicyclic amines) is 2. The average molecular weight is 389 g/mol. The highest BCUT2D eigenvalue weighted by atomic mass is 16.5. The van der Waals surface area contributed by atoms with Crippen LogP contribution in [0.15, 0.2) is 18.2 Å². The molecule has 0 aliphatic carbocycles. The van der Waals surface area contributed by atoms with E-state index >= 15 is 0 Å². The standard InChI is InChI=1S/C20H27N3O5/c1-13-9-15(19(25)26)12-23(11-13)20(27)21-16-10-14(5-6-17(16)28-2)18(24)22-7-3-4-8-22/h5-6,10,13,15H,3-4,7-9,11-12H2,1-2H3,(H,21,27)(H,25,26). The van der Waals surface area contributed by atoms with Crippen LogP contribution in [0.3, 0.4) is 0 Å². The number of aliphatic carboxylic acids is 1. The van der Waals surface area contributed by atoms with Crippen molar-refractivity contribution in [2.75, 3.05) is 38.6 Å². The number of carbonyl (C=O) groups is 3. The summed E-state index contributed by atoms with van der Waals surface area (Å²) in [5, 5.41) is 12.1. The van der Waals surface area contributed by atoms with Gasteiger partial charge in [-0.15, -0.1) is 0 Å². The molecule has 28 heavy (non-hydrogen) atoms. The first-order chi connectivity index (χ1) is 13.4. The van der Waals surface area contributed by atoms with Crippen molar-refractivity contribution < 1.29 is 24.2 Å². The number of hydrogen-bond acceptors (Lipinski definition) is 4. The predicted octanol–water partition coefficient (Wildman–Crippen LogP) is 2.51. The quantitative estimate of drug-likeness (QED) is 0.824. The van der Waals surface area contributed by atoms with Crippen LogP contribution < -0.4 is 10.1 Å². The SMILES string of the molecule is COc1ccc(C(=O)N2CCCC2)cc1NC(=O)N1CC(C)CC(C(=O)O)C1. The number of carbonyl (C=O) groups excluding carboxylic acids is 2. The highest BCUT2D eigenvalue weighted by Crippen LogP contribution is 2.28. The van der Waals surface area contributed by atoms with Crippen molar-refractivity contribution >= 4 is 23.6 Å². The zero-order valence-electron chi connectivity index (χ0n) is 16.3. The van der Waals surface area contributed by atoms with Crippen LogP contribution in [-0.2, 0) is 4.79 Å². The minimum absolute atomic E-state index is 0.0619. The van der Waals surface area contributed by atoms with Crippen molar-refractivity contribution in [1.82, 2.24) is 9.80 Å². The third-order valence-corrected chi connectivity index (χ3v) is 5.38. The lowest BCUT2D eigenvalue weighted by Gasteiger charge is -2.34. The highest BCUT2D eigenvalue weighted by molar-refractivity contribution is 5.98. The van der Waals surface area contributed by atoms with Crippen LogP contribution in [0, 0.1) is 11.8 Å². The van der Waals surface area contributed by atoms with Crippen molar-refractivity contribution in [2.24, 2.45) is 11.8 Å². The van der Waals surface area contributed by atoms with Crippen LogP contribution in [0.2, 0.25) is 0 Å². The third kappa shape index (κ3) is 4.37. The van der Waals surface area contributed by atoms with E-state index in [1.165, 1.54) is 12.0 Å². The number of carboxylic acid groups (broad SMARTS) is 1. The molecule has 2 fully saturated rings. The largest absolute Gasteiger partial charge is 0.495 e. The van der Waals surface area contributed by atoms with Gasteiger partial charge in [0, 0.05) is 31.7 Å². The van der Waals surface area contributed by atoms with Crippen LogP contribution in [-0.4, -0.2) is 66.1 Å². The molecule has 2 aliphatic rings. The molecule has 8 nitrogen and oxygen atoms in total. The van der Waals surface area contributed by atoms with Gasteiger partial charge in [-0.1, -0.05) is 6.92 Å². The Balaban J connectivity index is 1.76. The number of anilines is 1. The number of rotatable bonds is 4. The number of benzene rings is 1. The predicted molar refractivity (Wildman–Crippen MR) is 104 cm³/mol. The smallest absolute Gasteiger partial charge is 0.321 e. The Bertz CT molecular complexity index is 760. The molecule has 2 saturated heterocycles. The molecule has 3 rings (SSSR count). The van der Waals surface area contributed by atoms with Gasteiger partial charge < -0.3 is 25.0 Å². The Labute approximate surface area is 164 Å². The lowest BCUT2D eigenvalue weighted by molar-refractivity contribution is -0.143. The molecule has 2 unspecified atom stereocenters. The first-order valence-electron chi connectivity index (χ1n) is 9.65. The molecule has 3 amide bonds. The number of carboxylic acids is 1. The maximum absolute atomic E-state index is 12.8. The summed E-state index contributed by atoms with van der Waals surface area (Å²) in [6.45, 7) is 4.08. The molecule has 0 radical (unpaired) electrons. The van der Waals surface area contributed by atoms with E-state index in [1.54, 1.807) is 23.1 Å². The van der Waals surface area contributed by atoms with Gasteiger partial charge in [0.15, 0.2) is 0 Å².